The van der Waals surface area contributed by atoms with Gasteiger partial charge < -0.3 is 10.2 Å². The van der Waals surface area contributed by atoms with Gasteiger partial charge in [-0.05, 0) is 32.4 Å². The van der Waals surface area contributed by atoms with Crippen molar-refractivity contribution in [2.75, 3.05) is 44.2 Å². The quantitative estimate of drug-likeness (QED) is 0.861. The molecule has 1 aliphatic heterocycles. The molecule has 1 N–H and O–H groups in total. The van der Waals surface area contributed by atoms with E-state index in [0.29, 0.717) is 0 Å². The van der Waals surface area contributed by atoms with Gasteiger partial charge in [0.1, 0.15) is 5.82 Å². The molecule has 4 heteroatoms. The largest absolute Gasteiger partial charge is 0.354 e. The minimum atomic E-state index is 0.260. The Kier molecular flexibility index (Phi) is 5.38. The summed E-state index contributed by atoms with van der Waals surface area (Å²) >= 11 is 0. The topological polar surface area (TPSA) is 31.4 Å². The van der Waals surface area contributed by atoms with Crippen LogP contribution in [0.15, 0.2) is 24.4 Å². The standard InChI is InChI=1S/C16H28N4/c1-4-16(2,3)18-9-10-19-11-13-20(14-12-19)15-7-5-6-8-17-15/h5-8,18H,4,9-14H2,1-3H3. The summed E-state index contributed by atoms with van der Waals surface area (Å²) in [6.45, 7) is 13.4. The fraction of sp³-hybridized carbons (Fsp3) is 0.688. The third kappa shape index (κ3) is 4.46. The van der Waals surface area contributed by atoms with Crippen molar-refractivity contribution in [3.05, 3.63) is 24.4 Å². The zero-order chi connectivity index (χ0) is 14.4. The van der Waals surface area contributed by atoms with Crippen molar-refractivity contribution in [3.8, 4) is 0 Å². The van der Waals surface area contributed by atoms with Crippen LogP contribution in [0.5, 0.6) is 0 Å². The molecule has 0 aromatic carbocycles. The number of nitrogens with one attached hydrogen (secondary N) is 1. The second kappa shape index (κ2) is 7.04. The van der Waals surface area contributed by atoms with Crippen molar-refractivity contribution in [3.63, 3.8) is 0 Å². The first-order chi connectivity index (χ1) is 9.61. The van der Waals surface area contributed by atoms with E-state index in [2.05, 4.69) is 53.0 Å². The molecular weight excluding hydrogens is 248 g/mol. The Labute approximate surface area is 123 Å². The number of hydrogen-bond donors (Lipinski definition) is 1. The van der Waals surface area contributed by atoms with Gasteiger partial charge in [-0.25, -0.2) is 4.98 Å². The summed E-state index contributed by atoms with van der Waals surface area (Å²) in [7, 11) is 0. The number of nitrogens with zero attached hydrogens (tertiary/aromatic N) is 3. The van der Waals surface area contributed by atoms with E-state index in [-0.39, 0.29) is 5.54 Å². The van der Waals surface area contributed by atoms with Crippen LogP contribution in [0.1, 0.15) is 27.2 Å². The highest BCUT2D eigenvalue weighted by molar-refractivity contribution is 5.38. The summed E-state index contributed by atoms with van der Waals surface area (Å²) in [6.07, 6.45) is 3.04. The number of hydrogen-bond acceptors (Lipinski definition) is 4. The highest BCUT2D eigenvalue weighted by Gasteiger charge is 2.18. The van der Waals surface area contributed by atoms with E-state index in [4.69, 9.17) is 0 Å². The van der Waals surface area contributed by atoms with E-state index < -0.39 is 0 Å². The highest BCUT2D eigenvalue weighted by Crippen LogP contribution is 2.12. The van der Waals surface area contributed by atoms with Gasteiger partial charge in [0, 0.05) is 51.0 Å². The van der Waals surface area contributed by atoms with E-state index in [1.807, 2.05) is 12.3 Å². The van der Waals surface area contributed by atoms with Crippen molar-refractivity contribution < 1.29 is 0 Å². The van der Waals surface area contributed by atoms with Gasteiger partial charge in [-0.3, -0.25) is 4.90 Å². The highest BCUT2D eigenvalue weighted by atomic mass is 15.3. The average molecular weight is 276 g/mol. The molecule has 1 fully saturated rings. The van der Waals surface area contributed by atoms with Crippen LogP contribution < -0.4 is 10.2 Å². The molecule has 0 aliphatic carbocycles. The molecule has 0 radical (unpaired) electrons. The zero-order valence-electron chi connectivity index (χ0n) is 13.1. The van der Waals surface area contributed by atoms with Gasteiger partial charge in [0.2, 0.25) is 0 Å². The van der Waals surface area contributed by atoms with E-state index in [9.17, 15) is 0 Å². The van der Waals surface area contributed by atoms with Gasteiger partial charge in [-0.1, -0.05) is 13.0 Å². The van der Waals surface area contributed by atoms with Gasteiger partial charge in [-0.2, -0.15) is 0 Å². The molecule has 1 aromatic rings. The molecule has 1 aromatic heterocycles. The maximum Gasteiger partial charge on any atom is 0.128 e. The lowest BCUT2D eigenvalue weighted by Crippen LogP contribution is -2.50. The summed E-state index contributed by atoms with van der Waals surface area (Å²) < 4.78 is 0. The molecule has 4 nitrogen and oxygen atoms in total. The zero-order valence-corrected chi connectivity index (χ0v) is 13.1. The Bertz CT molecular complexity index is 383. The number of piperazine rings is 1. The van der Waals surface area contributed by atoms with Crippen LogP contribution >= 0.6 is 0 Å². The Morgan fingerprint density at radius 3 is 2.55 bits per heavy atom. The van der Waals surface area contributed by atoms with Crippen molar-refractivity contribution >= 4 is 5.82 Å². The first-order valence-corrected chi connectivity index (χ1v) is 7.74. The molecule has 0 unspecified atom stereocenters. The van der Waals surface area contributed by atoms with Gasteiger partial charge >= 0.3 is 0 Å². The van der Waals surface area contributed by atoms with Crippen molar-refractivity contribution in [1.82, 2.24) is 15.2 Å². The first-order valence-electron chi connectivity index (χ1n) is 7.74. The number of pyridine rings is 1. The molecule has 0 saturated carbocycles. The molecule has 112 valence electrons. The lowest BCUT2D eigenvalue weighted by molar-refractivity contribution is 0.243. The first kappa shape index (κ1) is 15.3. The Balaban J connectivity index is 1.70. The van der Waals surface area contributed by atoms with Crippen LogP contribution in [0.2, 0.25) is 0 Å². The van der Waals surface area contributed by atoms with E-state index >= 15 is 0 Å². The second-order valence-corrected chi connectivity index (χ2v) is 6.18. The van der Waals surface area contributed by atoms with Crippen molar-refractivity contribution in [2.45, 2.75) is 32.7 Å². The molecule has 1 saturated heterocycles. The summed E-state index contributed by atoms with van der Waals surface area (Å²) in [4.78, 5) is 9.34. The number of aromatic nitrogens is 1. The predicted octanol–water partition coefficient (Wildman–Crippen LogP) is 1.98. The van der Waals surface area contributed by atoms with Gasteiger partial charge in [0.05, 0.1) is 0 Å². The summed E-state index contributed by atoms with van der Waals surface area (Å²) in [5, 5.41) is 3.63. The number of rotatable bonds is 6. The minimum absolute atomic E-state index is 0.260. The molecule has 1 aliphatic rings. The smallest absolute Gasteiger partial charge is 0.128 e. The van der Waals surface area contributed by atoms with E-state index in [1.54, 1.807) is 0 Å². The van der Waals surface area contributed by atoms with Crippen LogP contribution in [0.4, 0.5) is 5.82 Å². The van der Waals surface area contributed by atoms with Crippen LogP contribution in [-0.4, -0.2) is 54.7 Å². The maximum absolute atomic E-state index is 4.43. The lowest BCUT2D eigenvalue weighted by atomic mass is 10.0. The fourth-order valence-corrected chi connectivity index (χ4v) is 2.42. The Morgan fingerprint density at radius 2 is 1.95 bits per heavy atom. The van der Waals surface area contributed by atoms with Crippen LogP contribution in [0.3, 0.4) is 0 Å². The number of anilines is 1. The molecule has 0 amide bonds. The lowest BCUT2D eigenvalue weighted by Gasteiger charge is -2.36. The fourth-order valence-electron chi connectivity index (χ4n) is 2.42. The SMILES string of the molecule is CCC(C)(C)NCCN1CCN(c2ccccn2)CC1. The maximum atomic E-state index is 4.43. The third-order valence-corrected chi connectivity index (χ3v) is 4.26. The van der Waals surface area contributed by atoms with Crippen molar-refractivity contribution in [1.29, 1.82) is 0 Å². The molecular formula is C16H28N4. The Morgan fingerprint density at radius 1 is 1.20 bits per heavy atom. The third-order valence-electron chi connectivity index (χ3n) is 4.26. The Hall–Kier alpha value is -1.13. The van der Waals surface area contributed by atoms with Gasteiger partial charge in [0.15, 0.2) is 0 Å². The monoisotopic (exact) mass is 276 g/mol. The molecule has 20 heavy (non-hydrogen) atoms. The molecule has 0 bridgehead atoms. The van der Waals surface area contributed by atoms with Crippen molar-refractivity contribution in [2.24, 2.45) is 0 Å². The summed E-state index contributed by atoms with van der Waals surface area (Å²) in [5.74, 6) is 1.11. The normalized spacial score (nSPS) is 17.4. The molecule has 2 heterocycles. The molecule has 0 spiro atoms. The van der Waals surface area contributed by atoms with Crippen LogP contribution in [0, 0.1) is 0 Å². The minimum Gasteiger partial charge on any atom is -0.354 e. The van der Waals surface area contributed by atoms with E-state index in [0.717, 1.165) is 45.1 Å². The molecule has 2 rings (SSSR count). The summed E-state index contributed by atoms with van der Waals surface area (Å²) in [5.41, 5.74) is 0.260. The average Bonchev–Trinajstić information content (AvgIpc) is 2.49. The van der Waals surface area contributed by atoms with Gasteiger partial charge in [-0.15, -0.1) is 0 Å². The second-order valence-electron chi connectivity index (χ2n) is 6.18. The van der Waals surface area contributed by atoms with Crippen LogP contribution in [-0.2, 0) is 0 Å². The van der Waals surface area contributed by atoms with Gasteiger partial charge in [0.25, 0.3) is 0 Å². The predicted molar refractivity (Wildman–Crippen MR) is 85.3 cm³/mol. The summed E-state index contributed by atoms with van der Waals surface area (Å²) in [6, 6.07) is 6.13. The molecule has 0 atom stereocenters. The van der Waals surface area contributed by atoms with E-state index in [1.165, 1.54) is 6.42 Å². The van der Waals surface area contributed by atoms with Crippen LogP contribution in [0.25, 0.3) is 0 Å².